The molecule has 0 amide bonds. The molecule has 1 saturated carbocycles. The summed E-state index contributed by atoms with van der Waals surface area (Å²) in [5.41, 5.74) is 0. The van der Waals surface area contributed by atoms with E-state index in [1.807, 2.05) is 0 Å². The van der Waals surface area contributed by atoms with Gasteiger partial charge in [-0.2, -0.15) is 0 Å². The molecule has 1 heterocycles. The molecule has 3 heteroatoms. The normalized spacial score (nSPS) is 32.4. The van der Waals surface area contributed by atoms with Gasteiger partial charge in [-0.05, 0) is 43.6 Å². The number of carbonyl (C=O) groups is 1. The van der Waals surface area contributed by atoms with Crippen molar-refractivity contribution < 1.29 is 9.53 Å². The lowest BCUT2D eigenvalue weighted by Gasteiger charge is -2.39. The Morgan fingerprint density at radius 1 is 1.32 bits per heavy atom. The zero-order valence-corrected chi connectivity index (χ0v) is 12.5. The van der Waals surface area contributed by atoms with Crippen molar-refractivity contribution in [2.24, 2.45) is 17.8 Å². The molecule has 2 aliphatic rings. The molecular weight excluding hydrogens is 238 g/mol. The zero-order valence-electron chi connectivity index (χ0n) is 12.5. The average molecular weight is 267 g/mol. The first kappa shape index (κ1) is 14.8. The lowest BCUT2D eigenvalue weighted by Crippen LogP contribution is -2.49. The van der Waals surface area contributed by atoms with Gasteiger partial charge in [0.25, 0.3) is 0 Å². The molecular formula is C16H29NO2. The van der Waals surface area contributed by atoms with E-state index >= 15 is 0 Å². The second-order valence-electron chi connectivity index (χ2n) is 6.47. The van der Waals surface area contributed by atoms with Gasteiger partial charge >= 0.3 is 5.97 Å². The van der Waals surface area contributed by atoms with Gasteiger partial charge in [-0.1, -0.05) is 39.5 Å². The molecule has 1 N–H and O–H groups in total. The predicted molar refractivity (Wildman–Crippen MR) is 76.9 cm³/mol. The van der Waals surface area contributed by atoms with Crippen LogP contribution in [0.15, 0.2) is 0 Å². The van der Waals surface area contributed by atoms with Gasteiger partial charge in [0.05, 0.1) is 6.61 Å². The molecule has 0 aromatic rings. The standard InChI is InChI=1S/C16H29NO2/c1-3-12(2)8-9-19-16(18)15-10-13-6-4-5-7-14(13)11-17-15/h12-15,17H,3-11H2,1-2H3. The number of ether oxygens (including phenoxy) is 1. The van der Waals surface area contributed by atoms with Crippen molar-refractivity contribution in [1.29, 1.82) is 0 Å². The zero-order chi connectivity index (χ0) is 13.7. The number of hydrogen-bond donors (Lipinski definition) is 1. The molecule has 2 rings (SSSR count). The molecule has 0 radical (unpaired) electrons. The van der Waals surface area contributed by atoms with E-state index in [2.05, 4.69) is 19.2 Å². The van der Waals surface area contributed by atoms with Crippen LogP contribution in [0.1, 0.15) is 58.8 Å². The second-order valence-corrected chi connectivity index (χ2v) is 6.47. The van der Waals surface area contributed by atoms with E-state index in [0.29, 0.717) is 12.5 Å². The van der Waals surface area contributed by atoms with Crippen molar-refractivity contribution in [1.82, 2.24) is 5.32 Å². The van der Waals surface area contributed by atoms with Crippen LogP contribution in [0.25, 0.3) is 0 Å². The molecule has 0 bridgehead atoms. The Morgan fingerprint density at radius 3 is 2.79 bits per heavy atom. The van der Waals surface area contributed by atoms with E-state index in [-0.39, 0.29) is 12.0 Å². The number of rotatable bonds is 5. The average Bonchev–Trinajstić information content (AvgIpc) is 2.46. The highest BCUT2D eigenvalue weighted by atomic mass is 16.5. The molecule has 4 unspecified atom stereocenters. The van der Waals surface area contributed by atoms with Crippen LogP contribution < -0.4 is 5.32 Å². The summed E-state index contributed by atoms with van der Waals surface area (Å²) in [6.07, 6.45) is 8.50. The molecule has 0 aromatic heterocycles. The summed E-state index contributed by atoms with van der Waals surface area (Å²) < 4.78 is 5.43. The van der Waals surface area contributed by atoms with Crippen LogP contribution in [0, 0.1) is 17.8 Å². The van der Waals surface area contributed by atoms with Gasteiger partial charge < -0.3 is 10.1 Å². The third kappa shape index (κ3) is 4.20. The van der Waals surface area contributed by atoms with E-state index in [9.17, 15) is 4.79 Å². The lowest BCUT2D eigenvalue weighted by atomic mass is 9.74. The van der Waals surface area contributed by atoms with E-state index in [1.54, 1.807) is 0 Å². The molecule has 3 nitrogen and oxygen atoms in total. The number of esters is 1. The van der Waals surface area contributed by atoms with Crippen LogP contribution in [0.3, 0.4) is 0 Å². The maximum atomic E-state index is 12.1. The monoisotopic (exact) mass is 267 g/mol. The number of piperidine rings is 1. The Bertz CT molecular complexity index is 292. The Hall–Kier alpha value is -0.570. The summed E-state index contributed by atoms with van der Waals surface area (Å²) >= 11 is 0. The topological polar surface area (TPSA) is 38.3 Å². The highest BCUT2D eigenvalue weighted by Crippen LogP contribution is 2.35. The molecule has 0 aromatic carbocycles. The van der Waals surface area contributed by atoms with Gasteiger partial charge in [0, 0.05) is 0 Å². The van der Waals surface area contributed by atoms with Gasteiger partial charge in [-0.15, -0.1) is 0 Å². The fourth-order valence-corrected chi connectivity index (χ4v) is 3.39. The van der Waals surface area contributed by atoms with Gasteiger partial charge in [0.1, 0.15) is 6.04 Å². The van der Waals surface area contributed by atoms with E-state index in [0.717, 1.165) is 37.6 Å². The van der Waals surface area contributed by atoms with Crippen molar-refractivity contribution in [3.8, 4) is 0 Å². The summed E-state index contributed by atoms with van der Waals surface area (Å²) in [6, 6.07) is -0.0451. The Morgan fingerprint density at radius 2 is 2.05 bits per heavy atom. The molecule has 19 heavy (non-hydrogen) atoms. The van der Waals surface area contributed by atoms with Crippen molar-refractivity contribution in [3.63, 3.8) is 0 Å². The fraction of sp³-hybridized carbons (Fsp3) is 0.938. The van der Waals surface area contributed by atoms with E-state index in [4.69, 9.17) is 4.74 Å². The molecule has 0 spiro atoms. The van der Waals surface area contributed by atoms with Crippen LogP contribution in [-0.2, 0) is 9.53 Å². The van der Waals surface area contributed by atoms with Gasteiger partial charge in [0.15, 0.2) is 0 Å². The minimum absolute atomic E-state index is 0.0210. The molecule has 110 valence electrons. The highest BCUT2D eigenvalue weighted by Gasteiger charge is 2.35. The summed E-state index contributed by atoms with van der Waals surface area (Å²) in [5, 5.41) is 3.40. The van der Waals surface area contributed by atoms with Gasteiger partial charge in [-0.3, -0.25) is 4.79 Å². The smallest absolute Gasteiger partial charge is 0.323 e. The van der Waals surface area contributed by atoms with E-state index < -0.39 is 0 Å². The van der Waals surface area contributed by atoms with Crippen molar-refractivity contribution in [2.45, 2.75) is 64.8 Å². The first-order valence-corrected chi connectivity index (χ1v) is 8.10. The Kier molecular flexibility index (Phi) is 5.68. The van der Waals surface area contributed by atoms with Gasteiger partial charge in [0.2, 0.25) is 0 Å². The van der Waals surface area contributed by atoms with Crippen LogP contribution in [0.4, 0.5) is 0 Å². The molecule has 1 aliphatic carbocycles. The summed E-state index contributed by atoms with van der Waals surface area (Å²) in [5.74, 6) is 2.18. The highest BCUT2D eigenvalue weighted by molar-refractivity contribution is 5.75. The minimum Gasteiger partial charge on any atom is -0.465 e. The van der Waals surface area contributed by atoms with Crippen molar-refractivity contribution in [2.75, 3.05) is 13.2 Å². The number of carbonyl (C=O) groups excluding carboxylic acids is 1. The number of hydrogen-bond acceptors (Lipinski definition) is 3. The number of fused-ring (bicyclic) bond motifs is 1. The Labute approximate surface area is 117 Å². The van der Waals surface area contributed by atoms with Crippen LogP contribution in [-0.4, -0.2) is 25.2 Å². The first-order chi connectivity index (χ1) is 9.20. The van der Waals surface area contributed by atoms with Crippen molar-refractivity contribution >= 4 is 5.97 Å². The summed E-state index contributed by atoms with van der Waals surface area (Å²) in [7, 11) is 0. The Balaban J connectivity index is 1.71. The maximum absolute atomic E-state index is 12.1. The van der Waals surface area contributed by atoms with Crippen molar-refractivity contribution in [3.05, 3.63) is 0 Å². The van der Waals surface area contributed by atoms with E-state index in [1.165, 1.54) is 25.7 Å². The largest absolute Gasteiger partial charge is 0.465 e. The third-order valence-electron chi connectivity index (χ3n) is 5.07. The quantitative estimate of drug-likeness (QED) is 0.778. The molecule has 4 atom stereocenters. The first-order valence-electron chi connectivity index (χ1n) is 8.10. The fourth-order valence-electron chi connectivity index (χ4n) is 3.39. The van der Waals surface area contributed by atoms with Crippen LogP contribution >= 0.6 is 0 Å². The van der Waals surface area contributed by atoms with Crippen LogP contribution in [0.5, 0.6) is 0 Å². The molecule has 1 saturated heterocycles. The number of nitrogens with one attached hydrogen (secondary N) is 1. The van der Waals surface area contributed by atoms with Crippen LogP contribution in [0.2, 0.25) is 0 Å². The maximum Gasteiger partial charge on any atom is 0.323 e. The molecule has 2 fully saturated rings. The molecule has 1 aliphatic heterocycles. The lowest BCUT2D eigenvalue weighted by molar-refractivity contribution is -0.148. The second kappa shape index (κ2) is 7.28. The summed E-state index contributed by atoms with van der Waals surface area (Å²) in [4.78, 5) is 12.1. The third-order valence-corrected chi connectivity index (χ3v) is 5.07. The minimum atomic E-state index is -0.0451. The predicted octanol–water partition coefficient (Wildman–Crippen LogP) is 3.13. The summed E-state index contributed by atoms with van der Waals surface area (Å²) in [6.45, 7) is 5.98. The SMILES string of the molecule is CCC(C)CCOC(=O)C1CC2CCCCC2CN1. The van der Waals surface area contributed by atoms with Gasteiger partial charge in [-0.25, -0.2) is 0 Å².